The third-order valence-corrected chi connectivity index (χ3v) is 6.23. The van der Waals surface area contributed by atoms with Crippen LogP contribution in [0.15, 0.2) is 55.1 Å². The maximum absolute atomic E-state index is 6.12. The van der Waals surface area contributed by atoms with E-state index in [1.807, 2.05) is 49.9 Å². The molecule has 1 saturated heterocycles. The number of nitrogens with zero attached hydrogens (tertiary/aromatic N) is 5. The Morgan fingerprint density at radius 1 is 1.00 bits per heavy atom. The van der Waals surface area contributed by atoms with Gasteiger partial charge in [-0.2, -0.15) is 5.10 Å². The van der Waals surface area contributed by atoms with Crippen molar-refractivity contribution in [3.63, 3.8) is 0 Å². The lowest BCUT2D eigenvalue weighted by molar-refractivity contribution is 0.00578. The Labute approximate surface area is 178 Å². The van der Waals surface area contributed by atoms with Crippen LogP contribution in [0.3, 0.4) is 0 Å². The number of pyridine rings is 2. The van der Waals surface area contributed by atoms with Crippen molar-refractivity contribution in [2.45, 2.75) is 51.9 Å². The monoisotopic (exact) mass is 405 g/mol. The average molecular weight is 405 g/mol. The highest BCUT2D eigenvalue weighted by Crippen LogP contribution is 2.36. The predicted molar refractivity (Wildman–Crippen MR) is 118 cm³/mol. The number of hydrogen-bond acceptors (Lipinski definition) is 6. The lowest BCUT2D eigenvalue weighted by Gasteiger charge is -2.32. The molecular weight excluding hydrogens is 377 g/mol. The molecule has 4 heterocycles. The van der Waals surface area contributed by atoms with Crippen molar-refractivity contribution >= 4 is 18.4 Å². The maximum Gasteiger partial charge on any atom is 0.496 e. The molecule has 1 unspecified atom stereocenters. The fourth-order valence-electron chi connectivity index (χ4n) is 3.33. The minimum Gasteiger partial charge on any atom is -0.399 e. The van der Waals surface area contributed by atoms with Gasteiger partial charge in [0.1, 0.15) is 5.82 Å². The summed E-state index contributed by atoms with van der Waals surface area (Å²) in [6.07, 6.45) is 7.34. The van der Waals surface area contributed by atoms with Crippen LogP contribution in [0.5, 0.6) is 0 Å². The van der Waals surface area contributed by atoms with Gasteiger partial charge in [-0.1, -0.05) is 12.1 Å². The first-order chi connectivity index (χ1) is 14.2. The van der Waals surface area contributed by atoms with Crippen LogP contribution in [0.25, 0.3) is 5.82 Å². The lowest BCUT2D eigenvalue weighted by atomic mass is 9.80. The summed E-state index contributed by atoms with van der Waals surface area (Å²) < 4.78 is 14.0. The molecule has 7 nitrogen and oxygen atoms in total. The molecule has 1 atom stereocenters. The summed E-state index contributed by atoms with van der Waals surface area (Å²) in [4.78, 5) is 11.3. The Morgan fingerprint density at radius 2 is 1.73 bits per heavy atom. The van der Waals surface area contributed by atoms with Crippen LogP contribution in [-0.2, 0) is 9.31 Å². The molecule has 0 aliphatic carbocycles. The molecule has 1 aliphatic heterocycles. The molecule has 0 radical (unpaired) electrons. The normalized spacial score (nSPS) is 18.4. The quantitative estimate of drug-likeness (QED) is 0.608. The van der Waals surface area contributed by atoms with Gasteiger partial charge in [0.15, 0.2) is 5.82 Å². The smallest absolute Gasteiger partial charge is 0.399 e. The van der Waals surface area contributed by atoms with Crippen LogP contribution in [0.2, 0.25) is 0 Å². The Bertz CT molecular complexity index is 971. The third kappa shape index (κ3) is 3.73. The van der Waals surface area contributed by atoms with E-state index in [4.69, 9.17) is 9.31 Å². The molecule has 0 saturated carbocycles. The molecule has 4 rings (SSSR count). The Balaban J connectivity index is 1.46. The molecule has 3 aromatic heterocycles. The molecule has 8 heteroatoms. The van der Waals surface area contributed by atoms with Crippen LogP contribution < -0.4 is 10.4 Å². The van der Waals surface area contributed by atoms with E-state index in [1.165, 1.54) is 0 Å². The van der Waals surface area contributed by atoms with Crippen molar-refractivity contribution < 1.29 is 9.31 Å². The largest absolute Gasteiger partial charge is 0.496 e. The molecule has 1 fully saturated rings. The topological polar surface area (TPSA) is 65.3 Å². The molecule has 30 heavy (non-hydrogen) atoms. The van der Waals surface area contributed by atoms with Crippen molar-refractivity contribution in [1.29, 1.82) is 0 Å². The second-order valence-electron chi connectivity index (χ2n) is 8.73. The fourth-order valence-corrected chi connectivity index (χ4v) is 3.33. The van der Waals surface area contributed by atoms with Gasteiger partial charge in [-0.3, -0.25) is 0 Å². The summed E-state index contributed by atoms with van der Waals surface area (Å²) in [5.41, 5.74) is 1.29. The Hall–Kier alpha value is -2.71. The van der Waals surface area contributed by atoms with Crippen LogP contribution in [-0.4, -0.2) is 45.1 Å². The molecule has 0 spiro atoms. The van der Waals surface area contributed by atoms with E-state index in [0.717, 1.165) is 22.7 Å². The number of rotatable bonds is 5. The molecule has 0 amide bonds. The summed E-state index contributed by atoms with van der Waals surface area (Å²) in [7, 11) is 1.63. The van der Waals surface area contributed by atoms with E-state index in [1.54, 1.807) is 10.9 Å². The van der Waals surface area contributed by atoms with Gasteiger partial charge >= 0.3 is 7.12 Å². The first-order valence-electron chi connectivity index (χ1n) is 10.2. The summed E-state index contributed by atoms with van der Waals surface area (Å²) >= 11 is 0. The van der Waals surface area contributed by atoms with Gasteiger partial charge in [0, 0.05) is 37.3 Å². The predicted octanol–water partition coefficient (Wildman–Crippen LogP) is 3.16. The summed E-state index contributed by atoms with van der Waals surface area (Å²) in [5, 5.41) is 4.22. The van der Waals surface area contributed by atoms with Gasteiger partial charge in [-0.05, 0) is 58.4 Å². The Kier molecular flexibility index (Phi) is 5.16. The van der Waals surface area contributed by atoms with Crippen molar-refractivity contribution in [1.82, 2.24) is 19.7 Å². The second-order valence-corrected chi connectivity index (χ2v) is 8.73. The number of anilines is 1. The maximum atomic E-state index is 6.12. The molecule has 3 aromatic rings. The van der Waals surface area contributed by atoms with Crippen molar-refractivity contribution in [2.75, 3.05) is 11.9 Å². The first-order valence-corrected chi connectivity index (χ1v) is 10.2. The summed E-state index contributed by atoms with van der Waals surface area (Å²) in [5.74, 6) is 1.67. The van der Waals surface area contributed by atoms with E-state index >= 15 is 0 Å². The third-order valence-electron chi connectivity index (χ3n) is 6.23. The highest BCUT2D eigenvalue weighted by Gasteiger charge is 2.51. The molecule has 0 N–H and O–H groups in total. The van der Waals surface area contributed by atoms with E-state index in [2.05, 4.69) is 60.7 Å². The van der Waals surface area contributed by atoms with E-state index in [9.17, 15) is 0 Å². The van der Waals surface area contributed by atoms with Gasteiger partial charge in [-0.25, -0.2) is 14.6 Å². The highest BCUT2D eigenvalue weighted by molar-refractivity contribution is 6.62. The number of aromatic nitrogens is 4. The first kappa shape index (κ1) is 20.6. The van der Waals surface area contributed by atoms with Crippen LogP contribution >= 0.6 is 0 Å². The highest BCUT2D eigenvalue weighted by atomic mass is 16.7. The number of hydrogen-bond donors (Lipinski definition) is 0. The van der Waals surface area contributed by atoms with Crippen molar-refractivity contribution in [2.24, 2.45) is 0 Å². The van der Waals surface area contributed by atoms with E-state index < -0.39 is 7.12 Å². The Morgan fingerprint density at radius 3 is 2.27 bits per heavy atom. The second kappa shape index (κ2) is 7.52. The summed E-state index contributed by atoms with van der Waals surface area (Å²) in [6, 6.07) is 10.1. The standard InChI is InChI=1S/C22H28BN5O2/c1-16(17-8-10-20(24-14-17)28-13-7-12-26-28)27(6)19-11-9-18(15-25-19)23-29-21(2,3)22(4,5)30-23/h7-16H,1-6H3. The van der Waals surface area contributed by atoms with Gasteiger partial charge in [-0.15, -0.1) is 0 Å². The minimum atomic E-state index is -0.404. The SMILES string of the molecule is CC(c1ccc(-n2cccn2)nc1)N(C)c1ccc(B2OC(C)(C)C(C)(C)O2)cn1. The average Bonchev–Trinajstić information content (AvgIpc) is 3.33. The lowest BCUT2D eigenvalue weighted by Crippen LogP contribution is -2.41. The zero-order valence-corrected chi connectivity index (χ0v) is 18.4. The van der Waals surface area contributed by atoms with E-state index in [-0.39, 0.29) is 17.2 Å². The van der Waals surface area contributed by atoms with Gasteiger partial charge < -0.3 is 14.2 Å². The van der Waals surface area contributed by atoms with Gasteiger partial charge in [0.25, 0.3) is 0 Å². The molecule has 1 aliphatic rings. The van der Waals surface area contributed by atoms with E-state index in [0.29, 0.717) is 0 Å². The van der Waals surface area contributed by atoms with Crippen molar-refractivity contribution in [3.05, 3.63) is 60.7 Å². The summed E-state index contributed by atoms with van der Waals surface area (Å²) in [6.45, 7) is 10.3. The minimum absolute atomic E-state index is 0.111. The molecule has 0 bridgehead atoms. The fraction of sp³-hybridized carbons (Fsp3) is 0.409. The van der Waals surface area contributed by atoms with Gasteiger partial charge in [0.05, 0.1) is 17.2 Å². The van der Waals surface area contributed by atoms with Crippen LogP contribution in [0.4, 0.5) is 5.82 Å². The zero-order chi connectivity index (χ0) is 21.5. The van der Waals surface area contributed by atoms with Crippen LogP contribution in [0.1, 0.15) is 46.2 Å². The van der Waals surface area contributed by atoms with Gasteiger partial charge in [0.2, 0.25) is 0 Å². The zero-order valence-electron chi connectivity index (χ0n) is 18.4. The van der Waals surface area contributed by atoms with Crippen LogP contribution in [0, 0.1) is 0 Å². The molecular formula is C22H28BN5O2. The molecule has 0 aromatic carbocycles. The molecule has 156 valence electrons. The van der Waals surface area contributed by atoms with Crippen molar-refractivity contribution in [3.8, 4) is 5.82 Å².